The highest BCUT2D eigenvalue weighted by Gasteiger charge is 2.22. The summed E-state index contributed by atoms with van der Waals surface area (Å²) in [6.07, 6.45) is 2.48. The minimum absolute atomic E-state index is 0.0346. The fraction of sp³-hybridized carbons (Fsp3) is 0.500. The number of benzene rings is 1. The van der Waals surface area contributed by atoms with Crippen LogP contribution in [-0.4, -0.2) is 42.8 Å². The molecule has 0 bridgehead atoms. The van der Waals surface area contributed by atoms with Crippen molar-refractivity contribution in [3.63, 3.8) is 0 Å². The Kier molecular flexibility index (Phi) is 4.90. The number of carbonyl (C=O) groups is 2. The minimum atomic E-state index is 0.0346. The molecule has 0 spiro atoms. The van der Waals surface area contributed by atoms with Crippen LogP contribution in [0.3, 0.4) is 0 Å². The second kappa shape index (κ2) is 6.66. The molecule has 1 aromatic carbocycles. The third-order valence-electron chi connectivity index (χ3n) is 3.95. The van der Waals surface area contributed by atoms with E-state index in [0.717, 1.165) is 25.9 Å². The Morgan fingerprint density at radius 3 is 2.25 bits per heavy atom. The molecule has 1 aromatic rings. The van der Waals surface area contributed by atoms with E-state index in [4.69, 9.17) is 0 Å². The highest BCUT2D eigenvalue weighted by molar-refractivity contribution is 5.98. The molecule has 0 saturated carbocycles. The van der Waals surface area contributed by atoms with Crippen molar-refractivity contribution in [2.45, 2.75) is 32.2 Å². The molecule has 1 aliphatic rings. The van der Waals surface area contributed by atoms with Crippen LogP contribution in [0.15, 0.2) is 24.3 Å². The summed E-state index contributed by atoms with van der Waals surface area (Å²) < 4.78 is 0. The van der Waals surface area contributed by atoms with Gasteiger partial charge in [-0.15, -0.1) is 0 Å². The molecule has 20 heavy (non-hydrogen) atoms. The van der Waals surface area contributed by atoms with Crippen LogP contribution in [0.5, 0.6) is 0 Å². The minimum Gasteiger partial charge on any atom is -0.339 e. The Bertz CT molecular complexity index is 476. The van der Waals surface area contributed by atoms with Crippen molar-refractivity contribution >= 4 is 11.7 Å². The third-order valence-corrected chi connectivity index (χ3v) is 3.95. The van der Waals surface area contributed by atoms with Crippen LogP contribution in [0, 0.1) is 0 Å². The lowest BCUT2D eigenvalue weighted by molar-refractivity contribution is 0.0703. The molecule has 108 valence electrons. The Labute approximate surface area is 120 Å². The van der Waals surface area contributed by atoms with E-state index >= 15 is 0 Å². The summed E-state index contributed by atoms with van der Waals surface area (Å²) in [4.78, 5) is 25.8. The van der Waals surface area contributed by atoms with E-state index < -0.39 is 0 Å². The van der Waals surface area contributed by atoms with Gasteiger partial charge in [0.05, 0.1) is 0 Å². The zero-order valence-electron chi connectivity index (χ0n) is 12.2. The Balaban J connectivity index is 2.06. The van der Waals surface area contributed by atoms with Gasteiger partial charge in [0.15, 0.2) is 5.78 Å². The zero-order valence-corrected chi connectivity index (χ0v) is 12.2. The maximum atomic E-state index is 12.4. The van der Waals surface area contributed by atoms with Gasteiger partial charge in [-0.25, -0.2) is 0 Å². The van der Waals surface area contributed by atoms with Gasteiger partial charge in [0, 0.05) is 30.6 Å². The molecule has 1 aliphatic heterocycles. The summed E-state index contributed by atoms with van der Waals surface area (Å²) in [5.41, 5.74) is 1.33. The average molecular weight is 274 g/mol. The highest BCUT2D eigenvalue weighted by atomic mass is 16.2. The number of nitrogens with zero attached hydrogens (tertiary/aromatic N) is 1. The molecule has 0 aromatic heterocycles. The summed E-state index contributed by atoms with van der Waals surface area (Å²) in [6, 6.07) is 7.30. The smallest absolute Gasteiger partial charge is 0.253 e. The molecular formula is C16H22N2O2. The fourth-order valence-corrected chi connectivity index (χ4v) is 2.57. The zero-order chi connectivity index (χ0) is 14.5. The average Bonchev–Trinajstić information content (AvgIpc) is 2.53. The fourth-order valence-electron chi connectivity index (χ4n) is 2.57. The van der Waals surface area contributed by atoms with E-state index in [0.29, 0.717) is 23.6 Å². The van der Waals surface area contributed by atoms with Crippen molar-refractivity contribution < 1.29 is 9.59 Å². The molecule has 1 saturated heterocycles. The van der Waals surface area contributed by atoms with Crippen molar-refractivity contribution in [3.8, 4) is 0 Å². The second-order valence-electron chi connectivity index (χ2n) is 5.25. The van der Waals surface area contributed by atoms with Crippen LogP contribution < -0.4 is 5.32 Å². The van der Waals surface area contributed by atoms with Gasteiger partial charge >= 0.3 is 0 Å². The standard InChI is InChI=1S/C16H22N2O2/c1-3-15(19)12-4-6-13(7-5-12)16(20)18(2)14-8-10-17-11-9-14/h4-7,14,17H,3,8-11H2,1-2H3. The molecule has 0 radical (unpaired) electrons. The van der Waals surface area contributed by atoms with E-state index in [2.05, 4.69) is 5.32 Å². The first-order valence-corrected chi connectivity index (χ1v) is 7.24. The molecule has 0 unspecified atom stereocenters. The number of hydrogen-bond donors (Lipinski definition) is 1. The van der Waals surface area contributed by atoms with Gasteiger partial charge < -0.3 is 10.2 Å². The maximum absolute atomic E-state index is 12.4. The van der Waals surface area contributed by atoms with Crippen molar-refractivity contribution in [3.05, 3.63) is 35.4 Å². The second-order valence-corrected chi connectivity index (χ2v) is 5.25. The quantitative estimate of drug-likeness (QED) is 0.855. The number of ketones is 1. The number of nitrogens with one attached hydrogen (secondary N) is 1. The molecule has 2 rings (SSSR count). The molecule has 1 fully saturated rings. The number of piperidine rings is 1. The lowest BCUT2D eigenvalue weighted by Gasteiger charge is -2.31. The van der Waals surface area contributed by atoms with Crippen molar-refractivity contribution in [1.29, 1.82) is 0 Å². The third kappa shape index (κ3) is 3.25. The first-order valence-electron chi connectivity index (χ1n) is 7.24. The van der Waals surface area contributed by atoms with Gasteiger partial charge in [0.2, 0.25) is 0 Å². The van der Waals surface area contributed by atoms with E-state index in [1.54, 1.807) is 24.3 Å². The van der Waals surface area contributed by atoms with E-state index in [-0.39, 0.29) is 11.7 Å². The number of hydrogen-bond acceptors (Lipinski definition) is 3. The molecule has 1 N–H and O–H groups in total. The number of Topliss-reactive ketones (excluding diaryl/α,β-unsaturated/α-hetero) is 1. The molecule has 4 nitrogen and oxygen atoms in total. The van der Waals surface area contributed by atoms with Crippen molar-refractivity contribution in [2.75, 3.05) is 20.1 Å². The molecule has 1 heterocycles. The van der Waals surface area contributed by atoms with Crippen LogP contribution in [0.1, 0.15) is 46.9 Å². The lowest BCUT2D eigenvalue weighted by atomic mass is 10.0. The predicted octanol–water partition coefficient (Wildman–Crippen LogP) is 2.10. The first-order chi connectivity index (χ1) is 9.63. The van der Waals surface area contributed by atoms with Gasteiger partial charge in [-0.1, -0.05) is 19.1 Å². The van der Waals surface area contributed by atoms with Gasteiger partial charge in [0.25, 0.3) is 5.91 Å². The Morgan fingerprint density at radius 1 is 1.15 bits per heavy atom. The van der Waals surface area contributed by atoms with Gasteiger partial charge in [-0.05, 0) is 38.1 Å². The molecule has 0 aliphatic carbocycles. The monoisotopic (exact) mass is 274 g/mol. The maximum Gasteiger partial charge on any atom is 0.253 e. The van der Waals surface area contributed by atoms with Crippen LogP contribution in [0.25, 0.3) is 0 Å². The van der Waals surface area contributed by atoms with Crippen molar-refractivity contribution in [2.24, 2.45) is 0 Å². The molecule has 4 heteroatoms. The summed E-state index contributed by atoms with van der Waals surface area (Å²) in [5.74, 6) is 0.142. The van der Waals surface area contributed by atoms with E-state index in [1.165, 1.54) is 0 Å². The summed E-state index contributed by atoms with van der Waals surface area (Å²) in [7, 11) is 1.86. The Morgan fingerprint density at radius 2 is 1.70 bits per heavy atom. The predicted molar refractivity (Wildman–Crippen MR) is 79.0 cm³/mol. The van der Waals surface area contributed by atoms with Crippen LogP contribution in [-0.2, 0) is 0 Å². The van der Waals surface area contributed by atoms with Gasteiger partial charge in [-0.3, -0.25) is 9.59 Å². The summed E-state index contributed by atoms with van der Waals surface area (Å²) in [5, 5.41) is 3.30. The molecule has 0 atom stereocenters. The van der Waals surface area contributed by atoms with Crippen LogP contribution in [0.4, 0.5) is 0 Å². The van der Waals surface area contributed by atoms with Crippen LogP contribution in [0.2, 0.25) is 0 Å². The normalized spacial score (nSPS) is 15.9. The van der Waals surface area contributed by atoms with Crippen molar-refractivity contribution in [1.82, 2.24) is 10.2 Å². The van der Waals surface area contributed by atoms with Crippen LogP contribution >= 0.6 is 0 Å². The SMILES string of the molecule is CCC(=O)c1ccc(C(=O)N(C)C2CCNCC2)cc1. The summed E-state index contributed by atoms with van der Waals surface area (Å²) in [6.45, 7) is 3.77. The number of amides is 1. The first kappa shape index (κ1) is 14.7. The topological polar surface area (TPSA) is 49.4 Å². The van der Waals surface area contributed by atoms with E-state index in [1.807, 2.05) is 18.9 Å². The van der Waals surface area contributed by atoms with E-state index in [9.17, 15) is 9.59 Å². The van der Waals surface area contributed by atoms with Gasteiger partial charge in [-0.2, -0.15) is 0 Å². The number of rotatable bonds is 4. The highest BCUT2D eigenvalue weighted by Crippen LogP contribution is 2.15. The van der Waals surface area contributed by atoms with Gasteiger partial charge in [0.1, 0.15) is 0 Å². The Hall–Kier alpha value is -1.68. The largest absolute Gasteiger partial charge is 0.339 e. The molecular weight excluding hydrogens is 252 g/mol. The lowest BCUT2D eigenvalue weighted by Crippen LogP contribution is -2.43. The molecule has 1 amide bonds. The number of carbonyl (C=O) groups excluding carboxylic acids is 2. The summed E-state index contributed by atoms with van der Waals surface area (Å²) >= 11 is 0.